The molecule has 18 heavy (non-hydrogen) atoms. The lowest BCUT2D eigenvalue weighted by molar-refractivity contribution is -0.126. The second-order valence-corrected chi connectivity index (χ2v) is 4.04. The van der Waals surface area contributed by atoms with Crippen molar-refractivity contribution in [2.45, 2.75) is 12.4 Å². The predicted octanol–water partition coefficient (Wildman–Crippen LogP) is 1.70. The Balaban J connectivity index is 2.24. The molecule has 0 aliphatic rings. The molecule has 0 atom stereocenters. The zero-order chi connectivity index (χ0) is 13.2. The molecular formula is C13H18ClNO3. The van der Waals surface area contributed by atoms with Gasteiger partial charge in [0.1, 0.15) is 6.61 Å². The highest BCUT2D eigenvalue weighted by Gasteiger charge is 2.01. The van der Waals surface area contributed by atoms with Gasteiger partial charge in [-0.2, -0.15) is 0 Å². The Morgan fingerprint density at radius 1 is 1.33 bits per heavy atom. The number of nitrogens with one attached hydrogen (secondary N) is 1. The third-order valence-corrected chi connectivity index (χ3v) is 2.61. The van der Waals surface area contributed by atoms with E-state index in [1.807, 2.05) is 24.3 Å². The fourth-order valence-corrected chi connectivity index (χ4v) is 1.55. The molecule has 4 nitrogen and oxygen atoms in total. The maximum atomic E-state index is 11.4. The van der Waals surface area contributed by atoms with Crippen molar-refractivity contribution in [1.29, 1.82) is 0 Å². The van der Waals surface area contributed by atoms with E-state index in [0.29, 0.717) is 25.6 Å². The number of methoxy groups -OCH3 is 1. The van der Waals surface area contributed by atoms with Crippen molar-refractivity contribution in [1.82, 2.24) is 5.32 Å². The first-order chi connectivity index (χ1) is 8.76. The zero-order valence-corrected chi connectivity index (χ0v) is 11.2. The van der Waals surface area contributed by atoms with Crippen LogP contribution >= 0.6 is 11.6 Å². The van der Waals surface area contributed by atoms with Crippen LogP contribution in [0.3, 0.4) is 0 Å². The number of ether oxygens (including phenoxy) is 2. The molecule has 1 aromatic carbocycles. The first kappa shape index (κ1) is 15.0. The van der Waals surface area contributed by atoms with Crippen molar-refractivity contribution in [3.63, 3.8) is 0 Å². The van der Waals surface area contributed by atoms with Gasteiger partial charge < -0.3 is 14.8 Å². The van der Waals surface area contributed by atoms with Gasteiger partial charge in [0.25, 0.3) is 0 Å². The van der Waals surface area contributed by atoms with Crippen molar-refractivity contribution in [3.05, 3.63) is 35.4 Å². The van der Waals surface area contributed by atoms with Crippen molar-refractivity contribution in [2.75, 3.05) is 26.9 Å². The number of hydrogen-bond donors (Lipinski definition) is 1. The number of hydrogen-bond acceptors (Lipinski definition) is 3. The van der Waals surface area contributed by atoms with E-state index in [-0.39, 0.29) is 12.5 Å². The summed E-state index contributed by atoms with van der Waals surface area (Å²) < 4.78 is 9.92. The van der Waals surface area contributed by atoms with Crippen LogP contribution in [-0.2, 0) is 26.7 Å². The molecule has 0 heterocycles. The van der Waals surface area contributed by atoms with Gasteiger partial charge in [0, 0.05) is 19.5 Å². The molecule has 0 saturated heterocycles. The molecule has 0 aliphatic carbocycles. The first-order valence-electron chi connectivity index (χ1n) is 5.73. The van der Waals surface area contributed by atoms with Crippen LogP contribution in [0.25, 0.3) is 0 Å². The minimum Gasteiger partial charge on any atom is -0.382 e. The normalized spacial score (nSPS) is 10.3. The van der Waals surface area contributed by atoms with Gasteiger partial charge in [0.2, 0.25) is 5.91 Å². The van der Waals surface area contributed by atoms with Gasteiger partial charge in [0.15, 0.2) is 0 Å². The molecule has 0 unspecified atom stereocenters. The zero-order valence-electron chi connectivity index (χ0n) is 10.4. The van der Waals surface area contributed by atoms with Gasteiger partial charge >= 0.3 is 0 Å². The monoisotopic (exact) mass is 271 g/mol. The third kappa shape index (κ3) is 6.00. The van der Waals surface area contributed by atoms with E-state index >= 15 is 0 Å². The summed E-state index contributed by atoms with van der Waals surface area (Å²) in [6, 6.07) is 7.79. The molecule has 5 heteroatoms. The minimum atomic E-state index is -0.137. The second kappa shape index (κ2) is 8.91. The van der Waals surface area contributed by atoms with Gasteiger partial charge in [-0.3, -0.25) is 4.79 Å². The van der Waals surface area contributed by atoms with Crippen LogP contribution in [-0.4, -0.2) is 32.8 Å². The quantitative estimate of drug-likeness (QED) is 0.578. The lowest BCUT2D eigenvalue weighted by atomic mass is 10.1. The molecule has 0 bridgehead atoms. The van der Waals surface area contributed by atoms with Crippen LogP contribution in [0, 0.1) is 0 Å². The maximum absolute atomic E-state index is 11.4. The van der Waals surface area contributed by atoms with Crippen LogP contribution in [0.1, 0.15) is 11.1 Å². The lowest BCUT2D eigenvalue weighted by Crippen LogP contribution is -2.27. The lowest BCUT2D eigenvalue weighted by Gasteiger charge is -2.07. The summed E-state index contributed by atoms with van der Waals surface area (Å²) in [5.74, 6) is 0.337. The first-order valence-corrected chi connectivity index (χ1v) is 6.27. The Morgan fingerprint density at radius 2 is 2.11 bits per heavy atom. The van der Waals surface area contributed by atoms with Crippen LogP contribution in [0.4, 0.5) is 0 Å². The van der Waals surface area contributed by atoms with E-state index < -0.39 is 0 Å². The van der Waals surface area contributed by atoms with E-state index in [2.05, 4.69) is 5.32 Å². The summed E-state index contributed by atoms with van der Waals surface area (Å²) in [6.07, 6.45) is 0. The number of alkyl halides is 1. The number of carbonyl (C=O) groups excluding carboxylic acids is 1. The second-order valence-electron chi connectivity index (χ2n) is 3.78. The maximum Gasteiger partial charge on any atom is 0.246 e. The molecule has 0 radical (unpaired) electrons. The van der Waals surface area contributed by atoms with E-state index in [0.717, 1.165) is 11.1 Å². The van der Waals surface area contributed by atoms with Crippen molar-refractivity contribution < 1.29 is 14.3 Å². The molecule has 0 aromatic heterocycles. The van der Waals surface area contributed by atoms with Gasteiger partial charge in [-0.1, -0.05) is 24.3 Å². The van der Waals surface area contributed by atoms with Gasteiger partial charge in [-0.15, -0.1) is 11.6 Å². The highest BCUT2D eigenvalue weighted by molar-refractivity contribution is 6.17. The number of rotatable bonds is 8. The van der Waals surface area contributed by atoms with Crippen molar-refractivity contribution in [2.24, 2.45) is 0 Å². The summed E-state index contributed by atoms with van der Waals surface area (Å²) in [5, 5.41) is 2.78. The Morgan fingerprint density at radius 3 is 2.83 bits per heavy atom. The standard InChI is InChI=1S/C13H18ClNO3/c1-17-5-6-18-10-13(16)15-9-12-4-2-3-11(7-12)8-14/h2-4,7H,5-6,8-10H2,1H3,(H,15,16). The molecular weight excluding hydrogens is 254 g/mol. The average Bonchev–Trinajstić information content (AvgIpc) is 2.41. The fraction of sp³-hybridized carbons (Fsp3) is 0.462. The Kier molecular flexibility index (Phi) is 7.41. The van der Waals surface area contributed by atoms with Crippen LogP contribution in [0.15, 0.2) is 24.3 Å². The molecule has 0 saturated carbocycles. The number of halogens is 1. The van der Waals surface area contributed by atoms with Gasteiger partial charge in [0.05, 0.1) is 13.2 Å². The molecule has 1 N–H and O–H groups in total. The molecule has 100 valence electrons. The van der Waals surface area contributed by atoms with Crippen LogP contribution in [0.5, 0.6) is 0 Å². The number of amides is 1. The van der Waals surface area contributed by atoms with Gasteiger partial charge in [-0.05, 0) is 11.1 Å². The topological polar surface area (TPSA) is 47.6 Å². The smallest absolute Gasteiger partial charge is 0.246 e. The molecule has 1 amide bonds. The molecule has 1 aromatic rings. The summed E-state index contributed by atoms with van der Waals surface area (Å²) in [7, 11) is 1.59. The summed E-state index contributed by atoms with van der Waals surface area (Å²) in [4.78, 5) is 11.4. The molecule has 0 spiro atoms. The SMILES string of the molecule is COCCOCC(=O)NCc1cccc(CCl)c1. The highest BCUT2D eigenvalue weighted by Crippen LogP contribution is 2.07. The van der Waals surface area contributed by atoms with E-state index in [1.54, 1.807) is 7.11 Å². The third-order valence-electron chi connectivity index (χ3n) is 2.30. The largest absolute Gasteiger partial charge is 0.382 e. The van der Waals surface area contributed by atoms with Crippen molar-refractivity contribution >= 4 is 17.5 Å². The van der Waals surface area contributed by atoms with E-state index in [9.17, 15) is 4.79 Å². The number of benzene rings is 1. The van der Waals surface area contributed by atoms with Crippen LogP contribution < -0.4 is 5.32 Å². The summed E-state index contributed by atoms with van der Waals surface area (Å²) in [5.41, 5.74) is 2.07. The molecule has 0 fully saturated rings. The van der Waals surface area contributed by atoms with Crippen LogP contribution in [0.2, 0.25) is 0 Å². The highest BCUT2D eigenvalue weighted by atomic mass is 35.5. The Hall–Kier alpha value is -1.10. The minimum absolute atomic E-state index is 0.0541. The van der Waals surface area contributed by atoms with E-state index in [1.165, 1.54) is 0 Å². The Bertz CT molecular complexity index is 371. The van der Waals surface area contributed by atoms with E-state index in [4.69, 9.17) is 21.1 Å². The average molecular weight is 272 g/mol. The number of carbonyl (C=O) groups is 1. The molecule has 1 rings (SSSR count). The predicted molar refractivity (Wildman–Crippen MR) is 70.5 cm³/mol. The summed E-state index contributed by atoms with van der Waals surface area (Å²) >= 11 is 5.74. The fourth-order valence-electron chi connectivity index (χ4n) is 1.38. The summed E-state index contributed by atoms with van der Waals surface area (Å²) in [6.45, 7) is 1.45. The molecule has 0 aliphatic heterocycles. The van der Waals surface area contributed by atoms with Gasteiger partial charge in [-0.25, -0.2) is 0 Å². The Labute approximate surface area is 112 Å². The van der Waals surface area contributed by atoms with Crippen molar-refractivity contribution in [3.8, 4) is 0 Å².